The Kier molecular flexibility index (Phi) is 9.21. The fraction of sp³-hybridized carbons (Fsp3) is 0.741. The van der Waals surface area contributed by atoms with Crippen molar-refractivity contribution >= 4 is 29.2 Å². The van der Waals surface area contributed by atoms with E-state index in [0.29, 0.717) is 43.8 Å². The van der Waals surface area contributed by atoms with E-state index < -0.39 is 41.9 Å². The van der Waals surface area contributed by atoms with E-state index in [-0.39, 0.29) is 49.4 Å². The number of nitrogens with one attached hydrogen (secondary N) is 4. The highest BCUT2D eigenvalue weighted by atomic mass is 19.3. The first-order valence-electron chi connectivity index (χ1n) is 14.1. The maximum absolute atomic E-state index is 15.7. The molecule has 222 valence electrons. The molecule has 0 aliphatic carbocycles. The summed E-state index contributed by atoms with van der Waals surface area (Å²) < 4.78 is 51.6. The van der Waals surface area contributed by atoms with Crippen molar-refractivity contribution in [1.29, 1.82) is 5.41 Å². The van der Waals surface area contributed by atoms with Crippen LogP contribution in [0.25, 0.3) is 0 Å². The lowest BCUT2D eigenvalue weighted by atomic mass is 9.78. The summed E-state index contributed by atoms with van der Waals surface area (Å²) in [4.78, 5) is 34.2. The summed E-state index contributed by atoms with van der Waals surface area (Å²) in [6, 6.07) is -1.38. The molecule has 40 heavy (non-hydrogen) atoms. The summed E-state index contributed by atoms with van der Waals surface area (Å²) in [5.41, 5.74) is 2.28. The van der Waals surface area contributed by atoms with Crippen LogP contribution in [-0.2, 0) is 14.3 Å². The first kappa shape index (κ1) is 30.0. The van der Waals surface area contributed by atoms with Crippen molar-refractivity contribution in [2.45, 2.75) is 95.8 Å². The maximum Gasteiger partial charge on any atom is 0.265 e. The lowest BCUT2D eigenvalue weighted by Gasteiger charge is -2.40. The van der Waals surface area contributed by atoms with Gasteiger partial charge in [0.2, 0.25) is 17.8 Å². The summed E-state index contributed by atoms with van der Waals surface area (Å²) in [6.07, 6.45) is 3.22. The minimum atomic E-state index is -2.90. The van der Waals surface area contributed by atoms with Crippen LogP contribution in [0.1, 0.15) is 83.9 Å². The number of piperidine rings is 1. The van der Waals surface area contributed by atoms with Crippen molar-refractivity contribution in [3.05, 3.63) is 11.9 Å². The number of imidazole rings is 1. The molecule has 0 radical (unpaired) electrons. The first-order valence-corrected chi connectivity index (χ1v) is 14.1. The van der Waals surface area contributed by atoms with E-state index in [2.05, 4.69) is 21.0 Å². The number of carbonyl (C=O) groups is 2. The highest BCUT2D eigenvalue weighted by Gasteiger charge is 2.45. The minimum Gasteiger partial charge on any atom is -0.381 e. The number of alkyl halides is 3. The Labute approximate surface area is 232 Å². The van der Waals surface area contributed by atoms with Crippen LogP contribution in [0.3, 0.4) is 0 Å². The largest absolute Gasteiger partial charge is 0.381 e. The van der Waals surface area contributed by atoms with Crippen molar-refractivity contribution in [3.63, 3.8) is 0 Å². The average Bonchev–Trinajstić information content (AvgIpc) is 3.30. The van der Waals surface area contributed by atoms with Crippen LogP contribution in [-0.4, -0.2) is 70.3 Å². The average molecular weight is 568 g/mol. The quantitative estimate of drug-likeness (QED) is 0.300. The molecule has 1 aromatic rings. The van der Waals surface area contributed by atoms with E-state index in [4.69, 9.17) is 15.1 Å². The fourth-order valence-corrected chi connectivity index (χ4v) is 5.62. The fourth-order valence-electron chi connectivity index (χ4n) is 5.62. The lowest BCUT2D eigenvalue weighted by Crippen LogP contribution is -2.52. The van der Waals surface area contributed by atoms with Gasteiger partial charge in [-0.05, 0) is 39.5 Å². The van der Waals surface area contributed by atoms with Gasteiger partial charge in [0.15, 0.2) is 0 Å². The molecule has 4 heterocycles. The summed E-state index contributed by atoms with van der Waals surface area (Å²) in [6.45, 7) is 5.60. The van der Waals surface area contributed by atoms with Crippen LogP contribution in [0.2, 0.25) is 0 Å². The van der Waals surface area contributed by atoms with Gasteiger partial charge in [0.25, 0.3) is 5.91 Å². The van der Waals surface area contributed by atoms with Crippen molar-refractivity contribution in [2.75, 3.05) is 25.2 Å². The topological polar surface area (TPSA) is 133 Å². The second kappa shape index (κ2) is 12.3. The van der Waals surface area contributed by atoms with E-state index in [1.165, 1.54) is 13.8 Å². The Hall–Kier alpha value is -2.96. The first-order chi connectivity index (χ1) is 18.9. The highest BCUT2D eigenvalue weighted by Crippen LogP contribution is 2.37. The Bertz CT molecular complexity index is 1140. The van der Waals surface area contributed by atoms with E-state index in [0.717, 1.165) is 6.42 Å². The smallest absolute Gasteiger partial charge is 0.265 e. The van der Waals surface area contributed by atoms with Gasteiger partial charge in [-0.3, -0.25) is 15.0 Å². The van der Waals surface area contributed by atoms with Crippen LogP contribution in [0.4, 0.5) is 19.1 Å². The number of hydrogen-bond donors (Lipinski definition) is 4. The van der Waals surface area contributed by atoms with Gasteiger partial charge < -0.3 is 20.8 Å². The number of rotatable bonds is 11. The number of aliphatic imine (C=N–C) groups is 1. The molecule has 4 rings (SSSR count). The molecule has 0 spiro atoms. The summed E-state index contributed by atoms with van der Waals surface area (Å²) in [5.74, 6) is -4.38. The molecule has 1 aromatic heterocycles. The van der Waals surface area contributed by atoms with E-state index in [1.54, 1.807) is 17.8 Å². The van der Waals surface area contributed by atoms with Gasteiger partial charge in [0, 0.05) is 38.3 Å². The second-order valence-electron chi connectivity index (χ2n) is 11.4. The summed E-state index contributed by atoms with van der Waals surface area (Å²) in [5, 5.41) is 13.2. The van der Waals surface area contributed by atoms with Crippen LogP contribution >= 0.6 is 0 Å². The number of amides is 2. The minimum absolute atomic E-state index is 0.0507. The number of nitrogens with zero attached hydrogens (tertiary/aromatic N) is 3. The number of halogens is 3. The third-order valence-electron chi connectivity index (χ3n) is 8.03. The zero-order chi connectivity index (χ0) is 29.1. The predicted molar refractivity (Wildman–Crippen MR) is 145 cm³/mol. The predicted octanol–water partition coefficient (Wildman–Crippen LogP) is 3.97. The van der Waals surface area contributed by atoms with Gasteiger partial charge in [0.1, 0.15) is 5.67 Å². The number of aromatic nitrogens is 2. The molecule has 0 aromatic carbocycles. The van der Waals surface area contributed by atoms with Crippen molar-refractivity contribution in [2.24, 2.45) is 16.8 Å². The van der Waals surface area contributed by atoms with Gasteiger partial charge in [-0.1, -0.05) is 13.3 Å². The Morgan fingerprint density at radius 2 is 2.17 bits per heavy atom. The summed E-state index contributed by atoms with van der Waals surface area (Å²) in [7, 11) is 0. The molecule has 3 aliphatic rings. The lowest BCUT2D eigenvalue weighted by molar-refractivity contribution is -0.126. The molecule has 10 nitrogen and oxygen atoms in total. The van der Waals surface area contributed by atoms with E-state index >= 15 is 4.39 Å². The van der Waals surface area contributed by atoms with Gasteiger partial charge in [0.05, 0.1) is 47.9 Å². The Morgan fingerprint density at radius 3 is 2.85 bits per heavy atom. The molecule has 13 heteroatoms. The number of fused-ring (bicyclic) bond motifs is 1. The zero-order valence-corrected chi connectivity index (χ0v) is 23.4. The molecule has 3 aliphatic heterocycles. The number of hydrogen-bond acceptors (Lipinski definition) is 7. The number of ether oxygens (including phenoxy) is 1. The maximum atomic E-state index is 15.7. The molecular weight excluding hydrogens is 527 g/mol. The third-order valence-corrected chi connectivity index (χ3v) is 8.03. The van der Waals surface area contributed by atoms with Crippen LogP contribution in [0.15, 0.2) is 11.2 Å². The molecule has 5 atom stereocenters. The third kappa shape index (κ3) is 7.02. The molecular formula is C27H40F3N7O3. The van der Waals surface area contributed by atoms with Gasteiger partial charge in [-0.15, -0.1) is 0 Å². The van der Waals surface area contributed by atoms with Crippen molar-refractivity contribution in [1.82, 2.24) is 20.3 Å². The van der Waals surface area contributed by atoms with Gasteiger partial charge in [-0.25, -0.2) is 27.8 Å². The molecule has 2 amide bonds. The molecule has 2 saturated heterocycles. The van der Waals surface area contributed by atoms with E-state index in [9.17, 15) is 18.4 Å². The van der Waals surface area contributed by atoms with Gasteiger partial charge >= 0.3 is 0 Å². The Morgan fingerprint density at radius 1 is 1.40 bits per heavy atom. The summed E-state index contributed by atoms with van der Waals surface area (Å²) >= 11 is 0. The number of carbonyl (C=O) groups excluding carboxylic acids is 2. The molecule has 0 saturated carbocycles. The second-order valence-corrected chi connectivity index (χ2v) is 11.4. The Balaban J connectivity index is 1.65. The molecule has 4 unspecified atom stereocenters. The van der Waals surface area contributed by atoms with Crippen molar-refractivity contribution in [3.8, 4) is 0 Å². The molecule has 4 N–H and O–H groups in total. The van der Waals surface area contributed by atoms with Gasteiger partial charge in [-0.2, -0.15) is 0 Å². The molecule has 2 fully saturated rings. The standard InChI is InChI=1S/C27H40F3N7O3/c1-4-8-27(29,30)9-7-19(33-23(38)16(2)31)21-14-37-25(34-21)35-22(18-15-40-12-10-26(18,3)28)20(36-37)13-17-6-5-11-32-24(17)39/h14,17-20,31,36H,4-13,15H2,1-3H3,(H,32,39)(H,33,38)/t17-,18?,19?,20?,26?/m1/s1. The van der Waals surface area contributed by atoms with E-state index in [1.807, 2.05) is 0 Å². The SMILES string of the molecule is CCCC(F)(F)CCC(NC(=O)C(C)=N)c1cn2c(n1)N=C(C1COCCC1(C)F)C(C[C@H]1CCCNC1=O)N2. The molecule has 0 bridgehead atoms. The van der Waals surface area contributed by atoms with Crippen molar-refractivity contribution < 1.29 is 27.5 Å². The normalized spacial score (nSPS) is 27.6. The monoisotopic (exact) mass is 567 g/mol. The van der Waals surface area contributed by atoms with Crippen LogP contribution in [0.5, 0.6) is 0 Å². The zero-order valence-electron chi connectivity index (χ0n) is 23.4. The van der Waals surface area contributed by atoms with Crippen LogP contribution < -0.4 is 16.1 Å². The highest BCUT2D eigenvalue weighted by molar-refractivity contribution is 6.36. The van der Waals surface area contributed by atoms with Crippen LogP contribution in [0, 0.1) is 17.2 Å².